The Morgan fingerprint density at radius 1 is 0.612 bits per heavy atom. The van der Waals surface area contributed by atoms with Gasteiger partial charge in [0.2, 0.25) is 28.6 Å². The largest absolute Gasteiger partial charge is 0.496 e. The van der Waals surface area contributed by atoms with E-state index in [0.717, 1.165) is 0 Å². The molecule has 0 radical (unpaired) electrons. The molecule has 0 fully saturated rings. The van der Waals surface area contributed by atoms with Crippen molar-refractivity contribution < 1.29 is 51.5 Å². The van der Waals surface area contributed by atoms with Gasteiger partial charge in [-0.1, -0.05) is 11.8 Å². The molecule has 0 saturated heterocycles. The minimum atomic E-state index is -0.427. The lowest BCUT2D eigenvalue weighted by Crippen LogP contribution is -2.12. The fraction of sp³-hybridized carbons (Fsp3) is 0.324. The molecular weight excluding hydrogens is 660 g/mol. The van der Waals surface area contributed by atoms with Gasteiger partial charge >= 0.3 is 0 Å². The van der Waals surface area contributed by atoms with Crippen LogP contribution in [0.2, 0.25) is 0 Å². The maximum Gasteiger partial charge on any atom is 0.276 e. The first kappa shape index (κ1) is 34.9. The molecule has 14 nitrogen and oxygen atoms in total. The van der Waals surface area contributed by atoms with Crippen LogP contribution < -0.4 is 48.1 Å². The Balaban J connectivity index is 1.40. The highest BCUT2D eigenvalue weighted by molar-refractivity contribution is 7.99. The van der Waals surface area contributed by atoms with Crippen LogP contribution in [-0.2, 0) is 0 Å². The third kappa shape index (κ3) is 7.06. The fourth-order valence-corrected chi connectivity index (χ4v) is 5.71. The van der Waals surface area contributed by atoms with E-state index in [0.29, 0.717) is 68.8 Å². The lowest BCUT2D eigenvalue weighted by molar-refractivity contribution is 0.309. The molecule has 5 rings (SSSR count). The summed E-state index contributed by atoms with van der Waals surface area (Å²) in [6.07, 6.45) is 0.512. The van der Waals surface area contributed by atoms with Crippen LogP contribution in [0.4, 0.5) is 0 Å². The van der Waals surface area contributed by atoms with Crippen molar-refractivity contribution in [3.05, 3.63) is 46.6 Å². The normalized spacial score (nSPS) is 10.9. The van der Waals surface area contributed by atoms with Crippen LogP contribution in [0.1, 0.15) is 6.42 Å². The van der Waals surface area contributed by atoms with Crippen LogP contribution in [0.25, 0.3) is 33.7 Å². The summed E-state index contributed by atoms with van der Waals surface area (Å²) in [6.45, 7) is 0.160. The molecule has 0 N–H and O–H groups in total. The summed E-state index contributed by atoms with van der Waals surface area (Å²) in [6, 6.07) is 10.0. The first-order chi connectivity index (χ1) is 23.8. The number of ether oxygens (including phenoxy) is 9. The number of fused-ring (bicyclic) bond motifs is 1. The van der Waals surface area contributed by atoms with Crippen LogP contribution >= 0.6 is 11.8 Å². The first-order valence-corrected chi connectivity index (χ1v) is 15.8. The molecular formula is C34H36N2O12S. The monoisotopic (exact) mass is 696 g/mol. The zero-order chi connectivity index (χ0) is 35.1. The lowest BCUT2D eigenvalue weighted by atomic mass is 10.1. The van der Waals surface area contributed by atoms with E-state index in [2.05, 4.69) is 10.2 Å². The zero-order valence-corrected chi connectivity index (χ0v) is 29.1. The van der Waals surface area contributed by atoms with Gasteiger partial charge in [0.25, 0.3) is 5.22 Å². The predicted molar refractivity (Wildman–Crippen MR) is 181 cm³/mol. The number of nitrogens with zero attached hydrogens (tertiary/aromatic N) is 2. The number of hydrogen-bond donors (Lipinski definition) is 0. The van der Waals surface area contributed by atoms with Gasteiger partial charge in [0.15, 0.2) is 28.8 Å². The molecule has 2 heterocycles. The summed E-state index contributed by atoms with van der Waals surface area (Å²) >= 11 is 1.34. The minimum absolute atomic E-state index is 0.0160. The van der Waals surface area contributed by atoms with Gasteiger partial charge in [0, 0.05) is 29.0 Å². The summed E-state index contributed by atoms with van der Waals surface area (Å²) < 4.78 is 62.1. The highest BCUT2D eigenvalue weighted by Crippen LogP contribution is 2.44. The molecule has 2 aromatic heterocycles. The van der Waals surface area contributed by atoms with E-state index in [-0.39, 0.29) is 40.7 Å². The first-order valence-electron chi connectivity index (χ1n) is 14.8. The molecule has 3 aromatic carbocycles. The summed E-state index contributed by atoms with van der Waals surface area (Å²) in [5.74, 6) is 4.19. The van der Waals surface area contributed by atoms with Crippen LogP contribution in [0, 0.1) is 0 Å². The van der Waals surface area contributed by atoms with Crippen LogP contribution in [0.3, 0.4) is 0 Å². The molecule has 0 aliphatic heterocycles. The number of aromatic nitrogens is 2. The Hall–Kier alpha value is -5.44. The molecule has 0 unspecified atom stereocenters. The minimum Gasteiger partial charge on any atom is -0.496 e. The molecule has 49 heavy (non-hydrogen) atoms. The van der Waals surface area contributed by atoms with E-state index in [1.807, 2.05) is 0 Å². The van der Waals surface area contributed by atoms with Crippen LogP contribution in [0.5, 0.6) is 51.7 Å². The van der Waals surface area contributed by atoms with Gasteiger partial charge in [-0.15, -0.1) is 10.2 Å². The van der Waals surface area contributed by atoms with E-state index in [9.17, 15) is 4.79 Å². The van der Waals surface area contributed by atoms with Gasteiger partial charge in [0.1, 0.15) is 22.5 Å². The summed E-state index contributed by atoms with van der Waals surface area (Å²) in [5.41, 5.74) is 0.883. The van der Waals surface area contributed by atoms with E-state index >= 15 is 0 Å². The highest BCUT2D eigenvalue weighted by atomic mass is 32.2. The Labute approximate surface area is 286 Å². The molecule has 0 spiro atoms. The second kappa shape index (κ2) is 15.6. The van der Waals surface area contributed by atoms with E-state index in [1.165, 1.54) is 68.6 Å². The molecule has 0 amide bonds. The number of thioether (sulfide) groups is 1. The molecule has 5 aromatic rings. The second-order valence-corrected chi connectivity index (χ2v) is 11.1. The topological polar surface area (TPSA) is 152 Å². The smallest absolute Gasteiger partial charge is 0.276 e. The van der Waals surface area contributed by atoms with Crippen molar-refractivity contribution in [1.82, 2.24) is 10.2 Å². The van der Waals surface area contributed by atoms with E-state index in [4.69, 9.17) is 51.5 Å². The van der Waals surface area contributed by atoms with Crippen molar-refractivity contribution in [2.45, 2.75) is 11.6 Å². The zero-order valence-electron chi connectivity index (χ0n) is 28.3. The standard InChI is InChI=1S/C34H36N2O12S/c1-38-20-16-21(39-2)27-22(17-20)47-29(18-12-23(40-3)30(44-7)24(13-18)41-4)32(28(27)37)46-10-9-11-49-34-36-35-33(48-34)19-14-25(42-5)31(45-8)26(15-19)43-6/h12-17H,9-11H2,1-8H3. The van der Waals surface area contributed by atoms with Crippen molar-refractivity contribution in [3.63, 3.8) is 0 Å². The van der Waals surface area contributed by atoms with Crippen LogP contribution in [-0.4, -0.2) is 79.4 Å². The average molecular weight is 697 g/mol. The van der Waals surface area contributed by atoms with Gasteiger partial charge < -0.3 is 51.5 Å². The predicted octanol–water partition coefficient (Wildman–Crippen LogP) is 6.14. The number of hydrogen-bond acceptors (Lipinski definition) is 15. The van der Waals surface area contributed by atoms with E-state index < -0.39 is 5.43 Å². The summed E-state index contributed by atoms with van der Waals surface area (Å²) in [4.78, 5) is 14.0. The van der Waals surface area contributed by atoms with Gasteiger partial charge in [-0.2, -0.15) is 0 Å². The van der Waals surface area contributed by atoms with Gasteiger partial charge in [-0.05, 0) is 30.7 Å². The molecule has 260 valence electrons. The maximum atomic E-state index is 14.0. The van der Waals surface area contributed by atoms with Gasteiger partial charge in [0.05, 0.1) is 63.5 Å². The van der Waals surface area contributed by atoms with Crippen LogP contribution in [0.15, 0.2) is 55.2 Å². The quantitative estimate of drug-likeness (QED) is 0.0857. The molecule has 0 saturated carbocycles. The Kier molecular flexibility index (Phi) is 11.1. The third-order valence-electron chi connectivity index (χ3n) is 7.35. The molecule has 0 aliphatic rings. The van der Waals surface area contributed by atoms with Crippen molar-refractivity contribution in [2.75, 3.05) is 69.2 Å². The lowest BCUT2D eigenvalue weighted by Gasteiger charge is -2.16. The molecule has 15 heteroatoms. The van der Waals surface area contributed by atoms with E-state index in [1.54, 1.807) is 36.4 Å². The van der Waals surface area contributed by atoms with Gasteiger partial charge in [-0.25, -0.2) is 0 Å². The second-order valence-electron chi connectivity index (χ2n) is 10.0. The molecule has 0 atom stereocenters. The Bertz CT molecular complexity index is 1940. The number of benzene rings is 3. The molecule has 0 aliphatic carbocycles. The third-order valence-corrected chi connectivity index (χ3v) is 8.26. The molecule has 0 bridgehead atoms. The van der Waals surface area contributed by atoms with Crippen molar-refractivity contribution >= 4 is 22.7 Å². The Morgan fingerprint density at radius 3 is 1.71 bits per heavy atom. The van der Waals surface area contributed by atoms with Crippen molar-refractivity contribution in [2.24, 2.45) is 0 Å². The number of rotatable bonds is 16. The SMILES string of the molecule is COc1cc(OC)c2c(=O)c(OCCCSc3nnc(-c4cc(OC)c(OC)c(OC)c4)o3)c(-c3cc(OC)c(OC)c(OC)c3)oc2c1. The van der Waals surface area contributed by atoms with Crippen molar-refractivity contribution in [3.8, 4) is 74.5 Å². The fourth-order valence-electron chi connectivity index (χ4n) is 5.04. The highest BCUT2D eigenvalue weighted by Gasteiger charge is 2.24. The Morgan fingerprint density at radius 2 is 1.18 bits per heavy atom. The maximum absolute atomic E-state index is 14.0. The van der Waals surface area contributed by atoms with Gasteiger partial charge in [-0.3, -0.25) is 4.79 Å². The summed E-state index contributed by atoms with van der Waals surface area (Å²) in [7, 11) is 12.1. The average Bonchev–Trinajstić information content (AvgIpc) is 3.62. The number of methoxy groups -OCH3 is 8. The summed E-state index contributed by atoms with van der Waals surface area (Å²) in [5, 5.41) is 8.88. The van der Waals surface area contributed by atoms with Crippen molar-refractivity contribution in [1.29, 1.82) is 0 Å².